The number of dihydropyridines is 1. The van der Waals surface area contributed by atoms with Crippen LogP contribution in [0.25, 0.3) is 0 Å². The van der Waals surface area contributed by atoms with Crippen molar-refractivity contribution in [3.63, 3.8) is 0 Å². The van der Waals surface area contributed by atoms with Crippen molar-refractivity contribution in [3.05, 3.63) is 57.7 Å². The molecule has 0 saturated carbocycles. The Morgan fingerprint density at radius 1 is 1.40 bits per heavy atom. The van der Waals surface area contributed by atoms with Crippen LogP contribution in [0, 0.1) is 5.82 Å². The first-order valence-corrected chi connectivity index (χ1v) is 7.84. The van der Waals surface area contributed by atoms with E-state index >= 15 is 0 Å². The number of benzene rings is 1. The summed E-state index contributed by atoms with van der Waals surface area (Å²) in [5.41, 5.74) is -0.256. The number of halogens is 3. The Kier molecular flexibility index (Phi) is 4.41. The maximum Gasteiger partial charge on any atom is 0.334 e. The first-order valence-electron chi connectivity index (χ1n) is 7.84. The standard InChI is InChI=1S/C18H16F3NO3/c1-8(20)14-9(3-2-4-10(14)21)15-16-11(5-6-13(16)23)22-12(7-19)17(15)18(24)25/h2-4,8,15,22H,5-7H2,1H3,(H,24,25)/t8-,15?/m0/s1. The van der Waals surface area contributed by atoms with Gasteiger partial charge in [0.2, 0.25) is 0 Å². The van der Waals surface area contributed by atoms with Crippen molar-refractivity contribution in [3.8, 4) is 0 Å². The number of carboxylic acids is 1. The summed E-state index contributed by atoms with van der Waals surface area (Å²) >= 11 is 0. The molecule has 3 rings (SSSR count). The zero-order valence-electron chi connectivity index (χ0n) is 13.4. The second kappa shape index (κ2) is 6.38. The average Bonchev–Trinajstić information content (AvgIpc) is 2.93. The van der Waals surface area contributed by atoms with E-state index in [1.165, 1.54) is 12.1 Å². The Morgan fingerprint density at radius 2 is 2.12 bits per heavy atom. The van der Waals surface area contributed by atoms with E-state index in [0.29, 0.717) is 12.1 Å². The predicted octanol–water partition coefficient (Wildman–Crippen LogP) is 3.47. The van der Waals surface area contributed by atoms with E-state index < -0.39 is 30.6 Å². The maximum absolute atomic E-state index is 14.2. The largest absolute Gasteiger partial charge is 0.478 e. The highest BCUT2D eigenvalue weighted by atomic mass is 19.1. The minimum Gasteiger partial charge on any atom is -0.478 e. The van der Waals surface area contributed by atoms with Crippen LogP contribution >= 0.6 is 0 Å². The summed E-state index contributed by atoms with van der Waals surface area (Å²) in [5, 5.41) is 12.3. The molecule has 132 valence electrons. The van der Waals surface area contributed by atoms with Crippen LogP contribution in [0.5, 0.6) is 0 Å². The summed E-state index contributed by atoms with van der Waals surface area (Å²) in [4.78, 5) is 24.1. The summed E-state index contributed by atoms with van der Waals surface area (Å²) in [7, 11) is 0. The van der Waals surface area contributed by atoms with Crippen molar-refractivity contribution < 1.29 is 27.9 Å². The molecule has 1 unspecified atom stereocenters. The minimum absolute atomic E-state index is 0.0441. The van der Waals surface area contributed by atoms with Crippen LogP contribution in [0.4, 0.5) is 13.2 Å². The van der Waals surface area contributed by atoms with Crippen molar-refractivity contribution in [2.45, 2.75) is 31.9 Å². The molecule has 1 aliphatic carbocycles. The van der Waals surface area contributed by atoms with Crippen LogP contribution in [-0.4, -0.2) is 23.5 Å². The lowest BCUT2D eigenvalue weighted by Crippen LogP contribution is -2.31. The molecule has 25 heavy (non-hydrogen) atoms. The first-order chi connectivity index (χ1) is 11.9. The van der Waals surface area contributed by atoms with Gasteiger partial charge in [0.25, 0.3) is 0 Å². The number of allylic oxidation sites excluding steroid dienone is 3. The molecule has 1 aliphatic heterocycles. The van der Waals surface area contributed by atoms with Crippen molar-refractivity contribution in [2.24, 2.45) is 0 Å². The van der Waals surface area contributed by atoms with Gasteiger partial charge < -0.3 is 10.4 Å². The SMILES string of the molecule is C[C@H](F)c1c(F)cccc1C1C(C(=O)O)=C(CF)NC2=C1C(=O)CC2. The summed E-state index contributed by atoms with van der Waals surface area (Å²) in [6.45, 7) is 0.0495. The number of carbonyl (C=O) groups excluding carboxylic acids is 1. The second-order valence-corrected chi connectivity index (χ2v) is 6.06. The molecule has 0 spiro atoms. The van der Waals surface area contributed by atoms with E-state index in [4.69, 9.17) is 0 Å². The number of hydrogen-bond donors (Lipinski definition) is 2. The fourth-order valence-electron chi connectivity index (χ4n) is 3.60. The maximum atomic E-state index is 14.2. The number of alkyl halides is 2. The summed E-state index contributed by atoms with van der Waals surface area (Å²) < 4.78 is 41.7. The number of carboxylic acid groups (broad SMARTS) is 1. The normalized spacial score (nSPS) is 21.3. The van der Waals surface area contributed by atoms with Crippen molar-refractivity contribution in [1.82, 2.24) is 5.32 Å². The highest BCUT2D eigenvalue weighted by molar-refractivity contribution is 6.04. The van der Waals surface area contributed by atoms with E-state index in [-0.39, 0.29) is 40.2 Å². The van der Waals surface area contributed by atoms with Gasteiger partial charge in [-0.05, 0) is 25.0 Å². The van der Waals surface area contributed by atoms with Gasteiger partial charge in [-0.3, -0.25) is 4.79 Å². The van der Waals surface area contributed by atoms with Crippen LogP contribution in [0.2, 0.25) is 0 Å². The molecule has 1 aromatic rings. The third kappa shape index (κ3) is 2.73. The molecule has 4 nitrogen and oxygen atoms in total. The van der Waals surface area contributed by atoms with Gasteiger partial charge in [-0.1, -0.05) is 12.1 Å². The topological polar surface area (TPSA) is 66.4 Å². The highest BCUT2D eigenvalue weighted by Crippen LogP contribution is 2.45. The Balaban J connectivity index is 2.31. The van der Waals surface area contributed by atoms with Crippen LogP contribution in [-0.2, 0) is 9.59 Å². The molecule has 0 fully saturated rings. The van der Waals surface area contributed by atoms with E-state index in [9.17, 15) is 27.9 Å². The summed E-state index contributed by atoms with van der Waals surface area (Å²) in [5.74, 6) is -3.76. The van der Waals surface area contributed by atoms with Crippen molar-refractivity contribution in [1.29, 1.82) is 0 Å². The second-order valence-electron chi connectivity index (χ2n) is 6.06. The molecule has 0 amide bonds. The number of rotatable bonds is 4. The number of ketones is 1. The van der Waals surface area contributed by atoms with Gasteiger partial charge in [0.05, 0.1) is 11.3 Å². The Hall–Kier alpha value is -2.57. The molecule has 0 saturated heterocycles. The van der Waals surface area contributed by atoms with Gasteiger partial charge in [0, 0.05) is 29.2 Å². The van der Waals surface area contributed by atoms with Gasteiger partial charge >= 0.3 is 5.97 Å². The first kappa shape index (κ1) is 17.3. The van der Waals surface area contributed by atoms with E-state index in [0.717, 1.165) is 13.0 Å². The molecule has 2 atom stereocenters. The smallest absolute Gasteiger partial charge is 0.334 e. The zero-order valence-corrected chi connectivity index (χ0v) is 13.4. The number of aliphatic carboxylic acids is 1. The van der Waals surface area contributed by atoms with Crippen LogP contribution in [0.3, 0.4) is 0 Å². The van der Waals surface area contributed by atoms with Crippen LogP contribution in [0.1, 0.15) is 43.0 Å². The third-order valence-corrected chi connectivity index (χ3v) is 4.59. The van der Waals surface area contributed by atoms with Gasteiger partial charge in [-0.25, -0.2) is 18.0 Å². The highest BCUT2D eigenvalue weighted by Gasteiger charge is 2.42. The number of Topliss-reactive ketones (excluding diaryl/α,β-unsaturated/α-hetero) is 1. The lowest BCUT2D eigenvalue weighted by molar-refractivity contribution is -0.133. The molecule has 1 heterocycles. The number of hydrogen-bond acceptors (Lipinski definition) is 3. The lowest BCUT2D eigenvalue weighted by atomic mass is 9.78. The Bertz CT molecular complexity index is 827. The van der Waals surface area contributed by atoms with Crippen molar-refractivity contribution >= 4 is 11.8 Å². The quantitative estimate of drug-likeness (QED) is 0.872. The fourth-order valence-corrected chi connectivity index (χ4v) is 3.60. The van der Waals surface area contributed by atoms with Gasteiger partial charge in [-0.15, -0.1) is 0 Å². The monoisotopic (exact) mass is 351 g/mol. The Morgan fingerprint density at radius 3 is 2.72 bits per heavy atom. The zero-order chi connectivity index (χ0) is 18.3. The van der Waals surface area contributed by atoms with Gasteiger partial charge in [0.1, 0.15) is 18.7 Å². The van der Waals surface area contributed by atoms with E-state index in [2.05, 4.69) is 5.32 Å². The van der Waals surface area contributed by atoms with Crippen LogP contribution < -0.4 is 5.32 Å². The summed E-state index contributed by atoms with van der Waals surface area (Å²) in [6, 6.07) is 3.79. The number of carbonyl (C=O) groups is 2. The molecule has 7 heteroatoms. The Labute approximate surface area is 142 Å². The van der Waals surface area contributed by atoms with Gasteiger partial charge in [0.15, 0.2) is 5.78 Å². The average molecular weight is 351 g/mol. The molecule has 0 bridgehead atoms. The molecule has 0 radical (unpaired) electrons. The molecule has 1 aromatic carbocycles. The van der Waals surface area contributed by atoms with E-state index in [1.807, 2.05) is 0 Å². The molecular weight excluding hydrogens is 335 g/mol. The van der Waals surface area contributed by atoms with E-state index in [1.54, 1.807) is 0 Å². The van der Waals surface area contributed by atoms with Gasteiger partial charge in [-0.2, -0.15) is 0 Å². The molecule has 2 aliphatic rings. The fraction of sp³-hybridized carbons (Fsp3) is 0.333. The molecule has 0 aromatic heterocycles. The minimum atomic E-state index is -1.71. The lowest BCUT2D eigenvalue weighted by Gasteiger charge is -2.30. The predicted molar refractivity (Wildman–Crippen MR) is 83.7 cm³/mol. The molecule has 2 N–H and O–H groups in total. The molecular formula is C18H16F3NO3. The van der Waals surface area contributed by atoms with Crippen molar-refractivity contribution in [2.75, 3.05) is 6.67 Å². The summed E-state index contributed by atoms with van der Waals surface area (Å²) in [6.07, 6.45) is -1.25. The number of nitrogens with one attached hydrogen (secondary N) is 1. The van der Waals surface area contributed by atoms with Crippen LogP contribution in [0.15, 0.2) is 40.7 Å². The third-order valence-electron chi connectivity index (χ3n) is 4.59.